The van der Waals surface area contributed by atoms with E-state index < -0.39 is 24.7 Å². The molecule has 0 rings (SSSR count). The van der Waals surface area contributed by atoms with Crippen molar-refractivity contribution in [3.05, 3.63) is 18.6 Å². The predicted octanol–water partition coefficient (Wildman–Crippen LogP) is 4.29. The molecule has 0 spiro atoms. The molecule has 6 heteroatoms. The van der Waals surface area contributed by atoms with Crippen molar-refractivity contribution >= 4 is 0 Å². The van der Waals surface area contributed by atoms with Gasteiger partial charge in [0.2, 0.25) is 0 Å². The topological polar surface area (TPSA) is 0 Å². The summed E-state index contributed by atoms with van der Waals surface area (Å²) in [6.45, 7) is 0.989. The van der Waals surface area contributed by atoms with Crippen LogP contribution >= 0.6 is 0 Å². The van der Waals surface area contributed by atoms with Crippen molar-refractivity contribution in [2.24, 2.45) is 5.92 Å². The van der Waals surface area contributed by atoms with Crippen molar-refractivity contribution in [2.75, 3.05) is 0 Å². The van der Waals surface area contributed by atoms with Crippen LogP contribution in [-0.4, -0.2) is 12.3 Å². The summed E-state index contributed by atoms with van der Waals surface area (Å²) in [5, 5.41) is 0. The molecule has 0 N–H and O–H groups in total. The second-order valence-corrected chi connectivity index (χ2v) is 3.14. The maximum Gasteiger partial charge on any atom is 0.391 e. The molecule has 0 aliphatic carbocycles. The van der Waals surface area contributed by atoms with Gasteiger partial charge in [-0.3, -0.25) is 0 Å². The van der Waals surface area contributed by atoms with Crippen LogP contribution in [0.4, 0.5) is 26.3 Å². The maximum atomic E-state index is 12.2. The van der Waals surface area contributed by atoms with Crippen LogP contribution in [0.15, 0.2) is 12.2 Å². The Kier molecular flexibility index (Phi) is 5.75. The molecule has 0 heterocycles. The highest BCUT2D eigenvalue weighted by Crippen LogP contribution is 2.29. The Hall–Kier alpha value is -0.680. The monoisotopic (exact) mass is 233 g/mol. The highest BCUT2D eigenvalue weighted by molar-refractivity contribution is 4.96. The number of halogens is 6. The van der Waals surface area contributed by atoms with Crippen LogP contribution in [0.2, 0.25) is 0 Å². The van der Waals surface area contributed by atoms with Gasteiger partial charge in [-0.15, -0.1) is 0 Å². The van der Waals surface area contributed by atoms with Gasteiger partial charge in [0.05, 0.1) is 5.92 Å². The quantitative estimate of drug-likeness (QED) is 0.491. The molecular weight excluding hydrogens is 222 g/mol. The van der Waals surface area contributed by atoms with E-state index in [0.717, 1.165) is 13.0 Å². The third-order valence-electron chi connectivity index (χ3n) is 1.84. The van der Waals surface area contributed by atoms with Crippen LogP contribution in [0.5, 0.6) is 0 Å². The van der Waals surface area contributed by atoms with E-state index >= 15 is 0 Å². The molecule has 0 aliphatic heterocycles. The van der Waals surface area contributed by atoms with Crippen LogP contribution in [-0.2, 0) is 0 Å². The standard InChI is InChI=1S/C9H11F6/c1-6(9(13,14)15)4-2-3-5-7(10)8(11)12/h3,5-7H,2,4H2,1H3/b5-3+. The van der Waals surface area contributed by atoms with E-state index in [4.69, 9.17) is 0 Å². The average molecular weight is 233 g/mol. The van der Waals surface area contributed by atoms with Crippen LogP contribution < -0.4 is 0 Å². The Morgan fingerprint density at radius 3 is 2.20 bits per heavy atom. The highest BCUT2D eigenvalue weighted by atomic mass is 19.4. The van der Waals surface area contributed by atoms with E-state index in [0.29, 0.717) is 6.08 Å². The third-order valence-corrected chi connectivity index (χ3v) is 1.84. The SMILES string of the molecule is CC(CC/C=C/C(F)[C](F)F)C(F)(F)F. The maximum absolute atomic E-state index is 12.2. The molecule has 15 heavy (non-hydrogen) atoms. The Labute approximate surface area is 84.0 Å². The van der Waals surface area contributed by atoms with E-state index in [2.05, 4.69) is 0 Å². The number of allylic oxidation sites excluding steroid dienone is 2. The summed E-state index contributed by atoms with van der Waals surface area (Å²) in [6.07, 6.45) is -7.93. The Morgan fingerprint density at radius 1 is 1.27 bits per heavy atom. The fourth-order valence-corrected chi connectivity index (χ4v) is 0.798. The fraction of sp³-hybridized carbons (Fsp3) is 0.667. The lowest BCUT2D eigenvalue weighted by molar-refractivity contribution is -0.170. The van der Waals surface area contributed by atoms with Gasteiger partial charge >= 0.3 is 12.6 Å². The minimum absolute atomic E-state index is 0.0750. The molecule has 0 fully saturated rings. The van der Waals surface area contributed by atoms with Crippen LogP contribution in [0.25, 0.3) is 0 Å². The molecule has 0 aromatic heterocycles. The number of alkyl halides is 4. The largest absolute Gasteiger partial charge is 0.391 e. The third kappa shape index (κ3) is 6.41. The minimum atomic E-state index is -4.29. The lowest BCUT2D eigenvalue weighted by Crippen LogP contribution is -2.19. The van der Waals surface area contributed by atoms with Crippen LogP contribution in [0.1, 0.15) is 19.8 Å². The molecule has 0 aromatic carbocycles. The van der Waals surface area contributed by atoms with Crippen molar-refractivity contribution in [2.45, 2.75) is 32.1 Å². The summed E-state index contributed by atoms with van der Waals surface area (Å²) >= 11 is 0. The van der Waals surface area contributed by atoms with E-state index in [1.807, 2.05) is 0 Å². The normalized spacial score (nSPS) is 17.3. The summed E-state index contributed by atoms with van der Waals surface area (Å²) in [6, 6.07) is 0. The van der Waals surface area contributed by atoms with Gasteiger partial charge < -0.3 is 0 Å². The first-order valence-electron chi connectivity index (χ1n) is 4.30. The molecular formula is C9H11F6. The zero-order valence-corrected chi connectivity index (χ0v) is 7.99. The molecule has 2 unspecified atom stereocenters. The first-order valence-corrected chi connectivity index (χ1v) is 4.30. The van der Waals surface area contributed by atoms with Crippen LogP contribution in [0, 0.1) is 12.3 Å². The van der Waals surface area contributed by atoms with E-state index in [-0.39, 0.29) is 12.8 Å². The zero-order valence-electron chi connectivity index (χ0n) is 7.99. The molecule has 0 aliphatic rings. The fourth-order valence-electron chi connectivity index (χ4n) is 0.798. The van der Waals surface area contributed by atoms with Crippen molar-refractivity contribution < 1.29 is 26.3 Å². The predicted molar refractivity (Wildman–Crippen MR) is 43.9 cm³/mol. The van der Waals surface area contributed by atoms with Crippen molar-refractivity contribution in [1.82, 2.24) is 0 Å². The molecule has 0 saturated heterocycles. The van der Waals surface area contributed by atoms with Crippen molar-refractivity contribution in [1.29, 1.82) is 0 Å². The molecule has 2 atom stereocenters. The first kappa shape index (κ1) is 14.3. The lowest BCUT2D eigenvalue weighted by Gasteiger charge is -2.13. The summed E-state index contributed by atoms with van der Waals surface area (Å²) in [4.78, 5) is 0. The lowest BCUT2D eigenvalue weighted by atomic mass is 10.1. The Morgan fingerprint density at radius 2 is 1.80 bits per heavy atom. The van der Waals surface area contributed by atoms with Gasteiger partial charge in [0.25, 0.3) is 0 Å². The van der Waals surface area contributed by atoms with Crippen molar-refractivity contribution in [3.8, 4) is 0 Å². The summed E-state index contributed by atoms with van der Waals surface area (Å²) in [5.41, 5.74) is 0. The Bertz CT molecular complexity index is 195. The van der Waals surface area contributed by atoms with E-state index in [1.54, 1.807) is 0 Å². The summed E-state index contributed by atoms with van der Waals surface area (Å²) < 4.78 is 71.0. The smallest absolute Gasteiger partial charge is 0.236 e. The molecule has 0 bridgehead atoms. The second-order valence-electron chi connectivity index (χ2n) is 3.14. The molecule has 89 valence electrons. The summed E-state index contributed by atoms with van der Waals surface area (Å²) in [7, 11) is 0. The van der Waals surface area contributed by atoms with Gasteiger partial charge in [-0.25, -0.2) is 4.39 Å². The zero-order chi connectivity index (χ0) is 12.1. The van der Waals surface area contributed by atoms with E-state index in [1.165, 1.54) is 0 Å². The van der Waals surface area contributed by atoms with Gasteiger partial charge in [0.1, 0.15) is 0 Å². The average Bonchev–Trinajstić information content (AvgIpc) is 2.09. The van der Waals surface area contributed by atoms with Gasteiger partial charge in [0, 0.05) is 0 Å². The van der Waals surface area contributed by atoms with Crippen molar-refractivity contribution in [3.63, 3.8) is 0 Å². The molecule has 0 saturated carbocycles. The van der Waals surface area contributed by atoms with Gasteiger partial charge in [-0.1, -0.05) is 13.0 Å². The van der Waals surface area contributed by atoms with Gasteiger partial charge in [0.15, 0.2) is 6.17 Å². The highest BCUT2D eigenvalue weighted by Gasteiger charge is 2.34. The van der Waals surface area contributed by atoms with Gasteiger partial charge in [-0.2, -0.15) is 22.0 Å². The number of hydrogen-bond donors (Lipinski definition) is 0. The second kappa shape index (κ2) is 6.02. The molecule has 1 radical (unpaired) electrons. The van der Waals surface area contributed by atoms with Gasteiger partial charge in [-0.05, 0) is 18.9 Å². The number of hydrogen-bond acceptors (Lipinski definition) is 0. The molecule has 0 nitrogen and oxygen atoms in total. The minimum Gasteiger partial charge on any atom is -0.236 e. The summed E-state index contributed by atoms with van der Waals surface area (Å²) in [5.74, 6) is -1.51. The van der Waals surface area contributed by atoms with Crippen LogP contribution in [0.3, 0.4) is 0 Å². The number of rotatable bonds is 5. The molecule has 0 amide bonds. The van der Waals surface area contributed by atoms with E-state index in [9.17, 15) is 26.3 Å². The Balaban J connectivity index is 3.80. The molecule has 0 aromatic rings. The first-order chi connectivity index (χ1) is 6.75.